The fourth-order valence-electron chi connectivity index (χ4n) is 6.73. The summed E-state index contributed by atoms with van der Waals surface area (Å²) in [4.78, 5) is 0. The van der Waals surface area contributed by atoms with Gasteiger partial charge in [-0.25, -0.2) is 0 Å². The molecule has 8 rings (SSSR count). The molecule has 5 aromatic carbocycles. The van der Waals surface area contributed by atoms with Crippen LogP contribution in [0.25, 0.3) is 21.9 Å². The highest BCUT2D eigenvalue weighted by Gasteiger charge is 2.54. The molecule has 0 N–H and O–H groups in total. The first-order valence-electron chi connectivity index (χ1n) is 13.7. The molecule has 0 radical (unpaired) electrons. The number of hydrogen-bond acceptors (Lipinski definition) is 3. The van der Waals surface area contributed by atoms with Gasteiger partial charge in [0.2, 0.25) is 0 Å². The van der Waals surface area contributed by atoms with Crippen LogP contribution in [0, 0.1) is 0 Å². The Morgan fingerprint density at radius 2 is 1.05 bits per heavy atom. The fourth-order valence-corrected chi connectivity index (χ4v) is 6.73. The fraction of sp³-hybridized carbons (Fsp3) is 0.200. The molecule has 2 aliphatic heterocycles. The number of ether oxygens (including phenoxy) is 1. The molecular weight excluding hydrogens is 479 g/mol. The SMILES string of the molecule is CC1(C)OB(c2ccc3c(c2)C2(c4ccccc4Oc4ccccc42)c2cc4ccccc4cc2-3)OC1(C)C. The van der Waals surface area contributed by atoms with E-state index in [-0.39, 0.29) is 0 Å². The summed E-state index contributed by atoms with van der Waals surface area (Å²) in [6, 6.07) is 37.1. The van der Waals surface area contributed by atoms with E-state index in [2.05, 4.69) is 131 Å². The maximum Gasteiger partial charge on any atom is 0.494 e. The smallest absolute Gasteiger partial charge is 0.457 e. The highest BCUT2D eigenvalue weighted by atomic mass is 16.7. The van der Waals surface area contributed by atoms with Gasteiger partial charge in [-0.15, -0.1) is 0 Å². The first-order valence-corrected chi connectivity index (χ1v) is 13.7. The molecular formula is C35H29BO3. The van der Waals surface area contributed by atoms with Gasteiger partial charge in [0, 0.05) is 11.1 Å². The second kappa shape index (κ2) is 7.62. The highest BCUT2D eigenvalue weighted by molar-refractivity contribution is 6.62. The molecule has 3 aliphatic rings. The van der Waals surface area contributed by atoms with Crippen LogP contribution < -0.4 is 10.2 Å². The molecule has 3 nitrogen and oxygen atoms in total. The van der Waals surface area contributed by atoms with E-state index in [0.717, 1.165) is 28.1 Å². The highest BCUT2D eigenvalue weighted by Crippen LogP contribution is 2.62. The van der Waals surface area contributed by atoms with Crippen molar-refractivity contribution in [2.75, 3.05) is 0 Å². The van der Waals surface area contributed by atoms with Crippen LogP contribution in [0.2, 0.25) is 0 Å². The molecule has 1 saturated heterocycles. The van der Waals surface area contributed by atoms with Crippen molar-refractivity contribution in [2.45, 2.75) is 44.3 Å². The van der Waals surface area contributed by atoms with Gasteiger partial charge in [0.15, 0.2) is 0 Å². The van der Waals surface area contributed by atoms with Crippen LogP contribution >= 0.6 is 0 Å². The van der Waals surface area contributed by atoms with Crippen LogP contribution in [0.4, 0.5) is 0 Å². The molecule has 0 saturated carbocycles. The molecule has 0 atom stereocenters. The second-order valence-corrected chi connectivity index (χ2v) is 12.0. The van der Waals surface area contributed by atoms with Crippen LogP contribution in [0.1, 0.15) is 49.9 Å². The van der Waals surface area contributed by atoms with Crippen molar-refractivity contribution in [2.24, 2.45) is 0 Å². The summed E-state index contributed by atoms with van der Waals surface area (Å²) in [7, 11) is -0.439. The minimum atomic E-state index is -0.528. The molecule has 1 fully saturated rings. The zero-order valence-corrected chi connectivity index (χ0v) is 22.6. The first kappa shape index (κ1) is 23.1. The normalized spacial score (nSPS) is 18.8. The van der Waals surface area contributed by atoms with E-state index >= 15 is 0 Å². The van der Waals surface area contributed by atoms with E-state index in [0.29, 0.717) is 0 Å². The average molecular weight is 508 g/mol. The Hall–Kier alpha value is -3.86. The maximum atomic E-state index is 6.52. The Balaban J connectivity index is 1.47. The minimum absolute atomic E-state index is 0.410. The predicted molar refractivity (Wildman–Crippen MR) is 157 cm³/mol. The summed E-state index contributed by atoms with van der Waals surface area (Å²) >= 11 is 0. The number of rotatable bonds is 1. The van der Waals surface area contributed by atoms with E-state index in [1.165, 1.54) is 33.0 Å². The molecule has 0 unspecified atom stereocenters. The lowest BCUT2D eigenvalue weighted by Gasteiger charge is -2.39. The van der Waals surface area contributed by atoms with Crippen molar-refractivity contribution in [3.63, 3.8) is 0 Å². The van der Waals surface area contributed by atoms with Crippen LogP contribution in [-0.2, 0) is 14.7 Å². The molecule has 0 amide bonds. The van der Waals surface area contributed by atoms with Crippen LogP contribution in [0.3, 0.4) is 0 Å². The number of hydrogen-bond donors (Lipinski definition) is 0. The van der Waals surface area contributed by atoms with Gasteiger partial charge in [-0.1, -0.05) is 78.9 Å². The van der Waals surface area contributed by atoms with Crippen molar-refractivity contribution < 1.29 is 14.0 Å². The molecule has 1 aliphatic carbocycles. The molecule has 0 aromatic heterocycles. The Morgan fingerprint density at radius 1 is 0.513 bits per heavy atom. The van der Waals surface area contributed by atoms with Gasteiger partial charge in [0.1, 0.15) is 11.5 Å². The number of para-hydroxylation sites is 2. The third-order valence-corrected chi connectivity index (χ3v) is 9.36. The molecule has 1 spiro atoms. The monoisotopic (exact) mass is 508 g/mol. The van der Waals surface area contributed by atoms with Gasteiger partial charge in [0.05, 0.1) is 16.6 Å². The molecule has 2 heterocycles. The van der Waals surface area contributed by atoms with Gasteiger partial charge in [-0.05, 0) is 90.4 Å². The zero-order valence-electron chi connectivity index (χ0n) is 22.6. The van der Waals surface area contributed by atoms with Gasteiger partial charge < -0.3 is 14.0 Å². The second-order valence-electron chi connectivity index (χ2n) is 12.0. The van der Waals surface area contributed by atoms with Crippen LogP contribution in [0.5, 0.6) is 11.5 Å². The standard InChI is InChI=1S/C35H29BO3/c1-33(2)34(3,4)39-36(38-33)24-17-18-25-26-19-22-11-5-6-12-23(22)20-29(26)35(30(25)21-24)27-13-7-9-15-31(27)37-32-16-10-8-14-28(32)35/h5-21H,1-4H3. The molecule has 39 heavy (non-hydrogen) atoms. The topological polar surface area (TPSA) is 27.7 Å². The molecule has 190 valence electrons. The Morgan fingerprint density at radius 3 is 1.69 bits per heavy atom. The number of benzene rings is 5. The molecule has 5 aromatic rings. The Kier molecular flexibility index (Phi) is 4.51. The van der Waals surface area contributed by atoms with Crippen molar-refractivity contribution in [1.82, 2.24) is 0 Å². The summed E-state index contributed by atoms with van der Waals surface area (Å²) in [5.74, 6) is 1.79. The van der Waals surface area contributed by atoms with E-state index < -0.39 is 23.7 Å². The van der Waals surface area contributed by atoms with E-state index in [9.17, 15) is 0 Å². The van der Waals surface area contributed by atoms with Crippen molar-refractivity contribution >= 4 is 23.4 Å². The van der Waals surface area contributed by atoms with Gasteiger partial charge >= 0.3 is 7.12 Å². The summed E-state index contributed by atoms with van der Waals surface area (Å²) in [5.41, 5.74) is 7.02. The molecule has 0 bridgehead atoms. The van der Waals surface area contributed by atoms with E-state index in [1.807, 2.05) is 0 Å². The van der Waals surface area contributed by atoms with E-state index in [4.69, 9.17) is 14.0 Å². The summed E-state index contributed by atoms with van der Waals surface area (Å²) in [5, 5.41) is 2.47. The quantitative estimate of drug-likeness (QED) is 0.214. The summed E-state index contributed by atoms with van der Waals surface area (Å²) in [6.45, 7) is 8.42. The zero-order chi connectivity index (χ0) is 26.6. The maximum absolute atomic E-state index is 6.52. The van der Waals surface area contributed by atoms with Crippen LogP contribution in [0.15, 0.2) is 103 Å². The van der Waals surface area contributed by atoms with Gasteiger partial charge in [0.25, 0.3) is 0 Å². The lowest BCUT2D eigenvalue weighted by atomic mass is 9.64. The van der Waals surface area contributed by atoms with Crippen molar-refractivity contribution in [1.29, 1.82) is 0 Å². The third kappa shape index (κ3) is 2.96. The minimum Gasteiger partial charge on any atom is -0.457 e. The number of fused-ring (bicyclic) bond motifs is 10. The third-order valence-electron chi connectivity index (χ3n) is 9.36. The summed E-state index contributed by atoms with van der Waals surface area (Å²) < 4.78 is 19.6. The van der Waals surface area contributed by atoms with Gasteiger partial charge in [-0.3, -0.25) is 0 Å². The Bertz CT molecular complexity index is 1760. The van der Waals surface area contributed by atoms with E-state index in [1.54, 1.807) is 0 Å². The Labute approximate surface area is 229 Å². The van der Waals surface area contributed by atoms with Crippen LogP contribution in [-0.4, -0.2) is 18.3 Å². The van der Waals surface area contributed by atoms with Crippen molar-refractivity contribution in [3.05, 3.63) is 125 Å². The lowest BCUT2D eigenvalue weighted by Crippen LogP contribution is -2.41. The van der Waals surface area contributed by atoms with Crippen molar-refractivity contribution in [3.8, 4) is 22.6 Å². The molecule has 4 heteroatoms. The summed E-state index contributed by atoms with van der Waals surface area (Å²) in [6.07, 6.45) is 0. The van der Waals surface area contributed by atoms with Gasteiger partial charge in [-0.2, -0.15) is 0 Å². The first-order chi connectivity index (χ1) is 18.8. The predicted octanol–water partition coefficient (Wildman–Crippen LogP) is 7.61. The average Bonchev–Trinajstić information content (AvgIpc) is 3.33. The lowest BCUT2D eigenvalue weighted by molar-refractivity contribution is 0.00578. The largest absolute Gasteiger partial charge is 0.494 e.